The molecule has 2 aliphatic heterocycles. The number of carbonyl (C=O) groups is 1. The van der Waals surface area contributed by atoms with E-state index in [-0.39, 0.29) is 38.2 Å². The van der Waals surface area contributed by atoms with E-state index in [0.717, 1.165) is 25.0 Å². The minimum atomic E-state index is -4.82. The summed E-state index contributed by atoms with van der Waals surface area (Å²) < 4.78 is 42.8. The van der Waals surface area contributed by atoms with Crippen LogP contribution in [0.2, 0.25) is 20.1 Å². The van der Waals surface area contributed by atoms with E-state index in [1.807, 2.05) is 4.90 Å². The lowest BCUT2D eigenvalue weighted by molar-refractivity contribution is -0.275. The number of hydrogen-bond donors (Lipinski definition) is 1. The van der Waals surface area contributed by atoms with Crippen LogP contribution in [0, 0.1) is 5.92 Å². The van der Waals surface area contributed by atoms with Crippen molar-refractivity contribution in [2.45, 2.75) is 37.1 Å². The maximum atomic E-state index is 14.3. The summed E-state index contributed by atoms with van der Waals surface area (Å²) in [4.78, 5) is 19.2. The number of halogens is 7. The Bertz CT molecular complexity index is 1210. The van der Waals surface area contributed by atoms with Crippen molar-refractivity contribution in [3.05, 3.63) is 61.5 Å². The topological polar surface area (TPSA) is 53.9 Å². The first-order valence-electron chi connectivity index (χ1n) is 10.8. The number of amides is 1. The standard InChI is InChI=1S/C23H18Cl4F3N3O2/c24-15-5-11(1-4-19(15)33-9-12(10-33)21(34)31-14-2-3-14)18-8-22(35-32-18,23(28,29)30)13-6-16(25)20(27)17(26)7-13/h1,4-7,12,14H,2-3,8-10H2,(H,31,34). The summed E-state index contributed by atoms with van der Waals surface area (Å²) in [5.74, 6) is -0.0655. The molecular formula is C23H18Cl4F3N3O2. The number of carbonyl (C=O) groups excluding carboxylic acids is 1. The Labute approximate surface area is 219 Å². The maximum absolute atomic E-state index is 14.3. The van der Waals surface area contributed by atoms with Crippen LogP contribution in [0.5, 0.6) is 0 Å². The molecule has 1 saturated heterocycles. The van der Waals surface area contributed by atoms with Gasteiger partial charge >= 0.3 is 6.18 Å². The van der Waals surface area contributed by atoms with Gasteiger partial charge in [-0.05, 0) is 37.1 Å². The maximum Gasteiger partial charge on any atom is 0.435 e. The predicted octanol–water partition coefficient (Wildman–Crippen LogP) is 6.60. The van der Waals surface area contributed by atoms with Crippen molar-refractivity contribution in [3.8, 4) is 0 Å². The number of rotatable bonds is 5. The smallest absolute Gasteiger partial charge is 0.374 e. The lowest BCUT2D eigenvalue weighted by Gasteiger charge is -2.40. The zero-order valence-corrected chi connectivity index (χ0v) is 21.0. The van der Waals surface area contributed by atoms with Gasteiger partial charge in [-0.3, -0.25) is 4.79 Å². The molecule has 2 aromatic carbocycles. The highest BCUT2D eigenvalue weighted by atomic mass is 35.5. The molecule has 1 unspecified atom stereocenters. The van der Waals surface area contributed by atoms with Crippen LogP contribution in [0.4, 0.5) is 18.9 Å². The Kier molecular flexibility index (Phi) is 6.31. The number of alkyl halides is 3. The average Bonchev–Trinajstić information content (AvgIpc) is 3.43. The van der Waals surface area contributed by atoms with Gasteiger partial charge in [0.15, 0.2) is 0 Å². The van der Waals surface area contributed by atoms with Gasteiger partial charge < -0.3 is 15.1 Å². The molecule has 12 heteroatoms. The molecule has 1 saturated carbocycles. The van der Waals surface area contributed by atoms with E-state index >= 15 is 0 Å². The number of nitrogens with one attached hydrogen (secondary N) is 1. The molecule has 5 nitrogen and oxygen atoms in total. The van der Waals surface area contributed by atoms with Crippen LogP contribution in [0.25, 0.3) is 0 Å². The summed E-state index contributed by atoms with van der Waals surface area (Å²) in [7, 11) is 0. The number of anilines is 1. The largest absolute Gasteiger partial charge is 0.435 e. The Hall–Kier alpha value is -1.87. The van der Waals surface area contributed by atoms with Gasteiger partial charge in [0.2, 0.25) is 5.91 Å². The van der Waals surface area contributed by atoms with Crippen LogP contribution in [-0.2, 0) is 15.2 Å². The molecule has 2 heterocycles. The van der Waals surface area contributed by atoms with Gasteiger partial charge in [0.25, 0.3) is 5.60 Å². The lowest BCUT2D eigenvalue weighted by atomic mass is 9.86. The van der Waals surface area contributed by atoms with E-state index < -0.39 is 18.2 Å². The van der Waals surface area contributed by atoms with Crippen LogP contribution >= 0.6 is 46.4 Å². The molecule has 1 N–H and O–H groups in total. The van der Waals surface area contributed by atoms with Crippen LogP contribution in [-0.4, -0.2) is 36.9 Å². The van der Waals surface area contributed by atoms with Gasteiger partial charge in [0.05, 0.1) is 37.4 Å². The van der Waals surface area contributed by atoms with Crippen molar-refractivity contribution in [3.63, 3.8) is 0 Å². The highest BCUT2D eigenvalue weighted by molar-refractivity contribution is 6.48. The van der Waals surface area contributed by atoms with Gasteiger partial charge in [-0.2, -0.15) is 13.2 Å². The van der Waals surface area contributed by atoms with Gasteiger partial charge in [-0.15, -0.1) is 0 Å². The third-order valence-corrected chi connectivity index (χ3v) is 7.93. The first kappa shape index (κ1) is 24.8. The van der Waals surface area contributed by atoms with Gasteiger partial charge in [0, 0.05) is 36.7 Å². The summed E-state index contributed by atoms with van der Waals surface area (Å²) in [6, 6.07) is 7.35. The van der Waals surface area contributed by atoms with Gasteiger partial charge in [0.1, 0.15) is 0 Å². The van der Waals surface area contributed by atoms with E-state index in [9.17, 15) is 18.0 Å². The Morgan fingerprint density at radius 3 is 2.29 bits per heavy atom. The molecule has 3 aliphatic rings. The molecule has 0 bridgehead atoms. The third kappa shape index (κ3) is 4.54. The SMILES string of the molecule is O=C(NC1CC1)C1CN(c2ccc(C3=NOC(c4cc(Cl)c(Cl)c(Cl)c4)(C(F)(F)F)C3)cc2Cl)C1. The molecule has 2 aromatic rings. The highest BCUT2D eigenvalue weighted by Gasteiger charge is 2.62. The van der Waals surface area contributed by atoms with Crippen LogP contribution in [0.15, 0.2) is 35.5 Å². The normalized spacial score (nSPS) is 22.5. The molecule has 1 amide bonds. The first-order valence-corrected chi connectivity index (χ1v) is 12.3. The zero-order chi connectivity index (χ0) is 25.1. The molecule has 186 valence electrons. The monoisotopic (exact) mass is 565 g/mol. The fraction of sp³-hybridized carbons (Fsp3) is 0.391. The second-order valence-corrected chi connectivity index (χ2v) is 10.5. The summed E-state index contributed by atoms with van der Waals surface area (Å²) >= 11 is 24.3. The Morgan fingerprint density at radius 2 is 1.71 bits per heavy atom. The summed E-state index contributed by atoms with van der Waals surface area (Å²) in [6.45, 7) is 1.05. The minimum Gasteiger partial charge on any atom is -0.374 e. The van der Waals surface area contributed by atoms with Crippen LogP contribution < -0.4 is 10.2 Å². The second kappa shape index (κ2) is 8.91. The molecule has 1 atom stereocenters. The van der Waals surface area contributed by atoms with Crippen molar-refractivity contribution in [2.75, 3.05) is 18.0 Å². The first-order chi connectivity index (χ1) is 16.5. The van der Waals surface area contributed by atoms with E-state index in [0.29, 0.717) is 35.4 Å². The van der Waals surface area contributed by atoms with Crippen molar-refractivity contribution >= 4 is 63.7 Å². The molecule has 2 fully saturated rings. The predicted molar refractivity (Wildman–Crippen MR) is 130 cm³/mol. The molecule has 5 rings (SSSR count). The highest BCUT2D eigenvalue weighted by Crippen LogP contribution is 2.51. The average molecular weight is 567 g/mol. The number of hydrogen-bond acceptors (Lipinski definition) is 4. The molecule has 35 heavy (non-hydrogen) atoms. The summed E-state index contributed by atoms with van der Waals surface area (Å²) in [5, 5.41) is 6.79. The van der Waals surface area contributed by atoms with E-state index in [1.54, 1.807) is 18.2 Å². The number of oxime groups is 1. The molecule has 0 spiro atoms. The van der Waals surface area contributed by atoms with Gasteiger partial charge in [-0.1, -0.05) is 57.6 Å². The molecular weight excluding hydrogens is 549 g/mol. The van der Waals surface area contributed by atoms with Crippen molar-refractivity contribution < 1.29 is 22.8 Å². The Balaban J connectivity index is 1.34. The fourth-order valence-electron chi connectivity index (χ4n) is 4.18. The zero-order valence-electron chi connectivity index (χ0n) is 17.9. The molecule has 1 aliphatic carbocycles. The van der Waals surface area contributed by atoms with E-state index in [2.05, 4.69) is 10.5 Å². The van der Waals surface area contributed by atoms with Crippen LogP contribution in [0.3, 0.4) is 0 Å². The number of nitrogens with zero attached hydrogens (tertiary/aromatic N) is 2. The van der Waals surface area contributed by atoms with Crippen molar-refractivity contribution in [1.82, 2.24) is 5.32 Å². The van der Waals surface area contributed by atoms with Gasteiger partial charge in [-0.25, -0.2) is 0 Å². The quantitative estimate of drug-likeness (QED) is 0.415. The molecule has 0 aromatic heterocycles. The Morgan fingerprint density at radius 1 is 1.06 bits per heavy atom. The number of benzene rings is 2. The second-order valence-electron chi connectivity index (χ2n) is 8.94. The third-order valence-electron chi connectivity index (χ3n) is 6.43. The lowest BCUT2D eigenvalue weighted by Crippen LogP contribution is -2.54. The molecule has 0 radical (unpaired) electrons. The van der Waals surface area contributed by atoms with Crippen molar-refractivity contribution in [2.24, 2.45) is 11.1 Å². The summed E-state index contributed by atoms with van der Waals surface area (Å²) in [6.07, 6.45) is -3.38. The summed E-state index contributed by atoms with van der Waals surface area (Å²) in [5.41, 5.74) is -1.92. The minimum absolute atomic E-state index is 0.0415. The van der Waals surface area contributed by atoms with Crippen LogP contribution in [0.1, 0.15) is 30.4 Å². The van der Waals surface area contributed by atoms with E-state index in [4.69, 9.17) is 51.2 Å². The fourth-order valence-corrected chi connectivity index (χ4v) is 5.07. The van der Waals surface area contributed by atoms with Crippen molar-refractivity contribution in [1.29, 1.82) is 0 Å². The van der Waals surface area contributed by atoms with E-state index in [1.165, 1.54) is 0 Å².